The van der Waals surface area contributed by atoms with Gasteiger partial charge in [0.05, 0.1) is 23.9 Å². The summed E-state index contributed by atoms with van der Waals surface area (Å²) in [5, 5.41) is 9.88. The Bertz CT molecular complexity index is 941. The summed E-state index contributed by atoms with van der Waals surface area (Å²) in [5.74, 6) is 0.767. The number of ether oxygens (including phenoxy) is 1. The van der Waals surface area contributed by atoms with Crippen molar-refractivity contribution in [2.75, 3.05) is 31.2 Å². The molecule has 3 heterocycles. The highest BCUT2D eigenvalue weighted by Gasteiger charge is 2.21. The minimum Gasteiger partial charge on any atom is -0.378 e. The number of nitriles is 1. The fourth-order valence-electron chi connectivity index (χ4n) is 2.75. The fourth-order valence-corrected chi connectivity index (χ4v) is 2.98. The van der Waals surface area contributed by atoms with Gasteiger partial charge in [0, 0.05) is 13.1 Å². The Hall–Kier alpha value is -2.69. The second-order valence-electron chi connectivity index (χ2n) is 5.32. The Balaban J connectivity index is 1.93. The zero-order valence-electron chi connectivity index (χ0n) is 12.7. The van der Waals surface area contributed by atoms with Gasteiger partial charge in [-0.15, -0.1) is 0 Å². The van der Waals surface area contributed by atoms with Crippen LogP contribution in [0.25, 0.3) is 16.9 Å². The van der Waals surface area contributed by atoms with E-state index in [1.165, 1.54) is 0 Å². The van der Waals surface area contributed by atoms with E-state index in [1.807, 2.05) is 24.3 Å². The SMILES string of the molecule is N#Cc1nc(N2CCOCC2)c2ncn(-c3ccccc3Cl)c2n1. The summed E-state index contributed by atoms with van der Waals surface area (Å²) in [7, 11) is 0. The monoisotopic (exact) mass is 340 g/mol. The highest BCUT2D eigenvalue weighted by Crippen LogP contribution is 2.28. The number of hydrogen-bond acceptors (Lipinski definition) is 6. The quantitative estimate of drug-likeness (QED) is 0.711. The zero-order chi connectivity index (χ0) is 16.5. The molecule has 1 aromatic carbocycles. The molecule has 7 nitrogen and oxygen atoms in total. The molecule has 0 N–H and O–H groups in total. The van der Waals surface area contributed by atoms with E-state index in [4.69, 9.17) is 16.3 Å². The first kappa shape index (κ1) is 14.9. The number of imidazole rings is 1. The molecule has 3 aromatic rings. The first-order valence-electron chi connectivity index (χ1n) is 7.50. The highest BCUT2D eigenvalue weighted by molar-refractivity contribution is 6.32. The van der Waals surface area contributed by atoms with Crippen LogP contribution in [0, 0.1) is 11.3 Å². The Kier molecular flexibility index (Phi) is 3.76. The molecule has 0 aliphatic carbocycles. The molecule has 0 saturated carbocycles. The lowest BCUT2D eigenvalue weighted by Gasteiger charge is -2.27. The van der Waals surface area contributed by atoms with Crippen LogP contribution in [0.15, 0.2) is 30.6 Å². The maximum absolute atomic E-state index is 9.30. The number of morpholine rings is 1. The Morgan fingerprint density at radius 2 is 1.96 bits per heavy atom. The normalized spacial score (nSPS) is 14.8. The van der Waals surface area contributed by atoms with Crippen molar-refractivity contribution in [3.05, 3.63) is 41.4 Å². The third-order valence-corrected chi connectivity index (χ3v) is 4.22. The van der Waals surface area contributed by atoms with Crippen LogP contribution in [0.5, 0.6) is 0 Å². The lowest BCUT2D eigenvalue weighted by atomic mass is 10.3. The number of aromatic nitrogens is 4. The summed E-state index contributed by atoms with van der Waals surface area (Å²) >= 11 is 6.29. The minimum atomic E-state index is 0.109. The molecule has 1 saturated heterocycles. The summed E-state index contributed by atoms with van der Waals surface area (Å²) in [4.78, 5) is 15.2. The van der Waals surface area contributed by atoms with Crippen molar-refractivity contribution in [2.45, 2.75) is 0 Å². The maximum atomic E-state index is 9.30. The predicted molar refractivity (Wildman–Crippen MR) is 89.4 cm³/mol. The number of benzene rings is 1. The second kappa shape index (κ2) is 6.07. The van der Waals surface area contributed by atoms with Crippen molar-refractivity contribution in [2.24, 2.45) is 0 Å². The molecule has 1 fully saturated rings. The van der Waals surface area contributed by atoms with Gasteiger partial charge in [-0.2, -0.15) is 15.2 Å². The standard InChI is InChI=1S/C16H13ClN6O/c17-11-3-1-2-4-12(11)23-10-19-14-15(22-5-7-24-8-6-22)20-13(9-18)21-16(14)23/h1-4,10H,5-8H2. The largest absolute Gasteiger partial charge is 0.378 e. The number of nitrogens with zero attached hydrogens (tertiary/aromatic N) is 6. The Labute approximate surface area is 143 Å². The van der Waals surface area contributed by atoms with Crippen molar-refractivity contribution in [1.29, 1.82) is 5.26 Å². The molecule has 1 aliphatic heterocycles. The number of fused-ring (bicyclic) bond motifs is 1. The number of halogens is 1. The van der Waals surface area contributed by atoms with Crippen molar-refractivity contribution in [3.8, 4) is 11.8 Å². The van der Waals surface area contributed by atoms with Crippen LogP contribution in [-0.4, -0.2) is 45.8 Å². The van der Waals surface area contributed by atoms with Crippen molar-refractivity contribution < 1.29 is 4.74 Å². The molecular weight excluding hydrogens is 328 g/mol. The van der Waals surface area contributed by atoms with Gasteiger partial charge >= 0.3 is 0 Å². The van der Waals surface area contributed by atoms with Crippen LogP contribution < -0.4 is 4.90 Å². The van der Waals surface area contributed by atoms with Gasteiger partial charge in [-0.3, -0.25) is 4.57 Å². The van der Waals surface area contributed by atoms with E-state index in [-0.39, 0.29) is 5.82 Å². The molecule has 0 atom stereocenters. The molecule has 0 unspecified atom stereocenters. The Morgan fingerprint density at radius 1 is 1.17 bits per heavy atom. The molecule has 0 radical (unpaired) electrons. The molecule has 0 spiro atoms. The van der Waals surface area contributed by atoms with Crippen LogP contribution >= 0.6 is 11.6 Å². The topological polar surface area (TPSA) is 79.9 Å². The smallest absolute Gasteiger partial charge is 0.236 e. The summed E-state index contributed by atoms with van der Waals surface area (Å²) in [6, 6.07) is 9.46. The summed E-state index contributed by atoms with van der Waals surface area (Å²) in [6.45, 7) is 2.66. The number of para-hydroxylation sites is 1. The maximum Gasteiger partial charge on any atom is 0.236 e. The van der Waals surface area contributed by atoms with Gasteiger partial charge in [0.1, 0.15) is 12.4 Å². The summed E-state index contributed by atoms with van der Waals surface area (Å²) in [6.07, 6.45) is 1.66. The average molecular weight is 341 g/mol. The van der Waals surface area contributed by atoms with E-state index < -0.39 is 0 Å². The van der Waals surface area contributed by atoms with Crippen molar-refractivity contribution in [3.63, 3.8) is 0 Å². The second-order valence-corrected chi connectivity index (χ2v) is 5.73. The summed E-state index contributed by atoms with van der Waals surface area (Å²) < 4.78 is 7.17. The third-order valence-electron chi connectivity index (χ3n) is 3.90. The molecule has 0 amide bonds. The van der Waals surface area contributed by atoms with Crippen molar-refractivity contribution >= 4 is 28.6 Å². The fraction of sp³-hybridized carbons (Fsp3) is 0.250. The number of hydrogen-bond donors (Lipinski definition) is 0. The molecule has 8 heteroatoms. The van der Waals surface area contributed by atoms with E-state index in [9.17, 15) is 5.26 Å². The van der Waals surface area contributed by atoms with Crippen molar-refractivity contribution in [1.82, 2.24) is 19.5 Å². The molecular formula is C16H13ClN6O. The van der Waals surface area contributed by atoms with E-state index in [0.717, 1.165) is 5.69 Å². The van der Waals surface area contributed by atoms with E-state index in [0.29, 0.717) is 48.3 Å². The Morgan fingerprint density at radius 3 is 2.71 bits per heavy atom. The minimum absolute atomic E-state index is 0.109. The first-order chi connectivity index (χ1) is 11.8. The van der Waals surface area contributed by atoms with Gasteiger partial charge in [0.15, 0.2) is 17.0 Å². The number of anilines is 1. The van der Waals surface area contributed by atoms with Crippen LogP contribution in [0.1, 0.15) is 5.82 Å². The van der Waals surface area contributed by atoms with Crippen LogP contribution in [0.3, 0.4) is 0 Å². The molecule has 1 aliphatic rings. The lowest BCUT2D eigenvalue weighted by molar-refractivity contribution is 0.122. The lowest BCUT2D eigenvalue weighted by Crippen LogP contribution is -2.37. The molecule has 120 valence electrons. The average Bonchev–Trinajstić information content (AvgIpc) is 3.05. The van der Waals surface area contributed by atoms with Crippen LogP contribution in [0.4, 0.5) is 5.82 Å². The van der Waals surface area contributed by atoms with Crippen LogP contribution in [0.2, 0.25) is 5.02 Å². The van der Waals surface area contributed by atoms with Gasteiger partial charge in [0.25, 0.3) is 0 Å². The van der Waals surface area contributed by atoms with Gasteiger partial charge in [-0.25, -0.2) is 4.98 Å². The number of rotatable bonds is 2. The molecule has 4 rings (SSSR count). The zero-order valence-corrected chi connectivity index (χ0v) is 13.4. The molecule has 0 bridgehead atoms. The van der Waals surface area contributed by atoms with Gasteiger partial charge < -0.3 is 9.64 Å². The van der Waals surface area contributed by atoms with E-state index in [2.05, 4.69) is 19.9 Å². The van der Waals surface area contributed by atoms with Gasteiger partial charge in [-0.1, -0.05) is 23.7 Å². The first-order valence-corrected chi connectivity index (χ1v) is 7.88. The molecule has 2 aromatic heterocycles. The van der Waals surface area contributed by atoms with Crippen LogP contribution in [-0.2, 0) is 4.74 Å². The highest BCUT2D eigenvalue weighted by atomic mass is 35.5. The molecule has 24 heavy (non-hydrogen) atoms. The third kappa shape index (κ3) is 2.46. The summed E-state index contributed by atoms with van der Waals surface area (Å²) in [5.41, 5.74) is 1.98. The van der Waals surface area contributed by atoms with E-state index >= 15 is 0 Å². The van der Waals surface area contributed by atoms with Gasteiger partial charge in [0.2, 0.25) is 5.82 Å². The predicted octanol–water partition coefficient (Wildman–Crippen LogP) is 2.18. The van der Waals surface area contributed by atoms with Gasteiger partial charge in [-0.05, 0) is 12.1 Å². The van der Waals surface area contributed by atoms with E-state index in [1.54, 1.807) is 17.0 Å².